The molecule has 7 heteroatoms. The number of ether oxygens (including phenoxy) is 1. The largest absolute Gasteiger partial charge is 0.423 e. The maximum absolute atomic E-state index is 13.8. The summed E-state index contributed by atoms with van der Waals surface area (Å²) in [5.74, 6) is -3.31. The summed E-state index contributed by atoms with van der Waals surface area (Å²) >= 11 is 3.11. The second-order valence-electron chi connectivity index (χ2n) is 5.35. The lowest BCUT2D eigenvalue weighted by Gasteiger charge is -2.17. The van der Waals surface area contributed by atoms with Crippen LogP contribution in [0.15, 0.2) is 46.9 Å². The quantitative estimate of drug-likeness (QED) is 0.588. The van der Waals surface area contributed by atoms with Crippen LogP contribution in [0.4, 0.5) is 14.5 Å². The van der Waals surface area contributed by atoms with Crippen LogP contribution in [-0.2, 0) is 9.59 Å². The molecule has 124 valence electrons. The van der Waals surface area contributed by atoms with Crippen molar-refractivity contribution >= 4 is 33.5 Å². The first-order chi connectivity index (χ1) is 11.5. The summed E-state index contributed by atoms with van der Waals surface area (Å²) in [6.45, 7) is -0.00323. The van der Waals surface area contributed by atoms with E-state index in [1.807, 2.05) is 0 Å². The van der Waals surface area contributed by atoms with Gasteiger partial charge in [-0.2, -0.15) is 0 Å². The Bertz CT molecular complexity index is 812. The first kappa shape index (κ1) is 16.6. The third kappa shape index (κ3) is 3.31. The minimum Gasteiger partial charge on any atom is -0.423 e. The van der Waals surface area contributed by atoms with Gasteiger partial charge in [0.2, 0.25) is 5.91 Å². The normalized spacial score (nSPS) is 17.2. The molecule has 0 radical (unpaired) electrons. The van der Waals surface area contributed by atoms with E-state index in [-0.39, 0.29) is 30.3 Å². The number of para-hydroxylation sites is 1. The highest BCUT2D eigenvalue weighted by molar-refractivity contribution is 9.10. The molecule has 1 fully saturated rings. The van der Waals surface area contributed by atoms with Crippen molar-refractivity contribution in [1.82, 2.24) is 0 Å². The Balaban J connectivity index is 1.73. The predicted octanol–water partition coefficient (Wildman–Crippen LogP) is 3.69. The summed E-state index contributed by atoms with van der Waals surface area (Å²) in [7, 11) is 0. The van der Waals surface area contributed by atoms with E-state index < -0.39 is 23.5 Å². The van der Waals surface area contributed by atoms with Gasteiger partial charge in [0.15, 0.2) is 11.6 Å². The van der Waals surface area contributed by atoms with Gasteiger partial charge in [-0.1, -0.05) is 28.1 Å². The molecule has 0 N–H and O–H groups in total. The van der Waals surface area contributed by atoms with Crippen molar-refractivity contribution in [1.29, 1.82) is 0 Å². The zero-order valence-electron chi connectivity index (χ0n) is 12.3. The van der Waals surface area contributed by atoms with Gasteiger partial charge in [0.1, 0.15) is 5.82 Å². The number of nitrogens with zero attached hydrogens (tertiary/aromatic N) is 1. The lowest BCUT2D eigenvalue weighted by molar-refractivity contribution is -0.139. The van der Waals surface area contributed by atoms with Crippen LogP contribution in [0, 0.1) is 17.6 Å². The van der Waals surface area contributed by atoms with E-state index in [2.05, 4.69) is 15.9 Å². The van der Waals surface area contributed by atoms with Gasteiger partial charge in [-0.25, -0.2) is 8.78 Å². The third-order valence-corrected chi connectivity index (χ3v) is 4.20. The third-order valence-electron chi connectivity index (χ3n) is 3.71. The van der Waals surface area contributed by atoms with Gasteiger partial charge in [-0.3, -0.25) is 9.59 Å². The maximum atomic E-state index is 13.8. The summed E-state index contributed by atoms with van der Waals surface area (Å²) in [6, 6.07) is 9.87. The van der Waals surface area contributed by atoms with Gasteiger partial charge in [-0.05, 0) is 30.3 Å². The van der Waals surface area contributed by atoms with Gasteiger partial charge in [0, 0.05) is 17.4 Å². The SMILES string of the molecule is O=C(Oc1ccc(Br)cc1F)C1CC(=O)N(c2ccccc2F)C1. The highest BCUT2D eigenvalue weighted by Gasteiger charge is 2.37. The van der Waals surface area contributed by atoms with Crippen LogP contribution in [0.2, 0.25) is 0 Å². The number of hydrogen-bond acceptors (Lipinski definition) is 3. The Hall–Kier alpha value is -2.28. The number of amides is 1. The monoisotopic (exact) mass is 395 g/mol. The highest BCUT2D eigenvalue weighted by Crippen LogP contribution is 2.29. The lowest BCUT2D eigenvalue weighted by Crippen LogP contribution is -2.28. The highest BCUT2D eigenvalue weighted by atomic mass is 79.9. The first-order valence-electron chi connectivity index (χ1n) is 7.17. The molecule has 1 amide bonds. The summed E-state index contributed by atoms with van der Waals surface area (Å²) in [4.78, 5) is 25.5. The van der Waals surface area contributed by atoms with Crippen molar-refractivity contribution < 1.29 is 23.1 Å². The number of esters is 1. The molecule has 1 saturated heterocycles. The number of hydrogen-bond donors (Lipinski definition) is 0. The summed E-state index contributed by atoms with van der Waals surface area (Å²) in [5, 5.41) is 0. The minimum atomic E-state index is -0.778. The number of carbonyl (C=O) groups excluding carboxylic acids is 2. The molecular weight excluding hydrogens is 384 g/mol. The fourth-order valence-electron chi connectivity index (χ4n) is 2.52. The average Bonchev–Trinajstić information content (AvgIpc) is 2.92. The van der Waals surface area contributed by atoms with Crippen LogP contribution in [0.1, 0.15) is 6.42 Å². The molecule has 3 rings (SSSR count). The lowest BCUT2D eigenvalue weighted by atomic mass is 10.1. The fraction of sp³-hybridized carbons (Fsp3) is 0.176. The Morgan fingerprint density at radius 2 is 1.92 bits per heavy atom. The van der Waals surface area contributed by atoms with E-state index in [0.717, 1.165) is 0 Å². The van der Waals surface area contributed by atoms with E-state index in [4.69, 9.17) is 4.74 Å². The van der Waals surface area contributed by atoms with Crippen LogP contribution < -0.4 is 9.64 Å². The topological polar surface area (TPSA) is 46.6 Å². The molecule has 2 aromatic rings. The molecule has 1 aliphatic heterocycles. The fourth-order valence-corrected chi connectivity index (χ4v) is 2.85. The second-order valence-corrected chi connectivity index (χ2v) is 6.27. The predicted molar refractivity (Wildman–Crippen MR) is 86.6 cm³/mol. The molecule has 1 aliphatic rings. The zero-order chi connectivity index (χ0) is 17.3. The number of anilines is 1. The van der Waals surface area contributed by atoms with Crippen molar-refractivity contribution in [3.05, 3.63) is 58.6 Å². The Kier molecular flexibility index (Phi) is 4.62. The second kappa shape index (κ2) is 6.68. The maximum Gasteiger partial charge on any atom is 0.316 e. The van der Waals surface area contributed by atoms with Crippen LogP contribution in [-0.4, -0.2) is 18.4 Å². The van der Waals surface area contributed by atoms with E-state index in [0.29, 0.717) is 4.47 Å². The van der Waals surface area contributed by atoms with Crippen molar-refractivity contribution in [3.8, 4) is 5.75 Å². The molecule has 2 aromatic carbocycles. The summed E-state index contributed by atoms with van der Waals surface area (Å²) < 4.78 is 33.1. The van der Waals surface area contributed by atoms with Crippen molar-refractivity contribution in [3.63, 3.8) is 0 Å². The molecule has 4 nitrogen and oxygen atoms in total. The van der Waals surface area contributed by atoms with Crippen LogP contribution >= 0.6 is 15.9 Å². The van der Waals surface area contributed by atoms with Gasteiger partial charge in [-0.15, -0.1) is 0 Å². The van der Waals surface area contributed by atoms with Crippen molar-refractivity contribution in [2.75, 3.05) is 11.4 Å². The Morgan fingerprint density at radius 1 is 1.17 bits per heavy atom. The van der Waals surface area contributed by atoms with Gasteiger partial charge in [0.25, 0.3) is 0 Å². The van der Waals surface area contributed by atoms with Crippen molar-refractivity contribution in [2.45, 2.75) is 6.42 Å². The van der Waals surface area contributed by atoms with Crippen LogP contribution in [0.5, 0.6) is 5.75 Å². The van der Waals surface area contributed by atoms with E-state index in [1.54, 1.807) is 6.07 Å². The Labute approximate surface area is 145 Å². The van der Waals surface area contributed by atoms with E-state index in [1.165, 1.54) is 41.3 Å². The number of benzene rings is 2. The average molecular weight is 396 g/mol. The molecule has 0 spiro atoms. The smallest absolute Gasteiger partial charge is 0.316 e. The molecular formula is C17H12BrF2NO3. The molecule has 0 aromatic heterocycles. The minimum absolute atomic E-state index is 0.00323. The summed E-state index contributed by atoms with van der Waals surface area (Å²) in [6.07, 6.45) is -0.106. The van der Waals surface area contributed by atoms with Gasteiger partial charge >= 0.3 is 5.97 Å². The van der Waals surface area contributed by atoms with E-state index in [9.17, 15) is 18.4 Å². The molecule has 1 unspecified atom stereocenters. The molecule has 0 aliphatic carbocycles. The molecule has 1 heterocycles. The van der Waals surface area contributed by atoms with Gasteiger partial charge in [0.05, 0.1) is 11.6 Å². The number of carbonyl (C=O) groups is 2. The molecule has 1 atom stereocenters. The molecule has 0 saturated carbocycles. The molecule has 24 heavy (non-hydrogen) atoms. The standard InChI is InChI=1S/C17H12BrF2NO3/c18-11-5-6-15(13(20)8-11)24-17(23)10-7-16(22)21(9-10)14-4-2-1-3-12(14)19/h1-6,8,10H,7,9H2. The first-order valence-corrected chi connectivity index (χ1v) is 7.96. The molecule has 0 bridgehead atoms. The van der Waals surface area contributed by atoms with Crippen molar-refractivity contribution in [2.24, 2.45) is 5.92 Å². The van der Waals surface area contributed by atoms with Crippen LogP contribution in [0.3, 0.4) is 0 Å². The Morgan fingerprint density at radius 3 is 2.62 bits per heavy atom. The van der Waals surface area contributed by atoms with E-state index >= 15 is 0 Å². The van der Waals surface area contributed by atoms with Crippen LogP contribution in [0.25, 0.3) is 0 Å². The van der Waals surface area contributed by atoms with Gasteiger partial charge < -0.3 is 9.64 Å². The number of rotatable bonds is 3. The number of halogens is 3. The zero-order valence-corrected chi connectivity index (χ0v) is 13.9. The summed E-state index contributed by atoms with van der Waals surface area (Å²) in [5.41, 5.74) is 0.118.